The molecular weight excluding hydrogens is 409 g/mol. The van der Waals surface area contributed by atoms with Crippen LogP contribution >= 0.6 is 0 Å². The number of nitrogens with zero attached hydrogens (tertiary/aromatic N) is 1. The minimum absolute atomic E-state index is 0.127. The molecule has 31 heavy (non-hydrogen) atoms. The van der Waals surface area contributed by atoms with E-state index in [1.807, 2.05) is 30.4 Å². The van der Waals surface area contributed by atoms with Gasteiger partial charge in [0.1, 0.15) is 23.7 Å². The molecule has 0 radical (unpaired) electrons. The normalized spacial score (nSPS) is 31.0. The number of rotatable bonds is 3. The average Bonchev–Trinajstić information content (AvgIpc) is 3.39. The number of benzene rings is 1. The molecule has 0 saturated heterocycles. The van der Waals surface area contributed by atoms with Crippen LogP contribution in [0.25, 0.3) is 5.57 Å². The highest BCUT2D eigenvalue weighted by Gasteiger charge is 2.66. The summed E-state index contributed by atoms with van der Waals surface area (Å²) >= 11 is 0. The van der Waals surface area contributed by atoms with Crippen LogP contribution in [0, 0.1) is 5.41 Å². The highest BCUT2D eigenvalue weighted by Crippen LogP contribution is 2.65. The number of fused-ring (bicyclic) bond motifs is 3. The Morgan fingerprint density at radius 1 is 1.10 bits per heavy atom. The molecule has 2 heterocycles. The van der Waals surface area contributed by atoms with Gasteiger partial charge in [-0.25, -0.2) is 4.99 Å². The van der Waals surface area contributed by atoms with Gasteiger partial charge in [-0.05, 0) is 48.3 Å². The van der Waals surface area contributed by atoms with Crippen LogP contribution in [0.4, 0.5) is 13.2 Å². The summed E-state index contributed by atoms with van der Waals surface area (Å²) in [6.07, 6.45) is 7.67. The van der Waals surface area contributed by atoms with Crippen LogP contribution in [-0.2, 0) is 15.0 Å². The van der Waals surface area contributed by atoms with Crippen molar-refractivity contribution in [3.63, 3.8) is 0 Å². The third kappa shape index (κ3) is 3.49. The van der Waals surface area contributed by atoms with E-state index in [4.69, 9.17) is 24.9 Å². The maximum atomic E-state index is 12.6. The lowest BCUT2D eigenvalue weighted by atomic mass is 9.74. The Hall–Kier alpha value is -3.16. The van der Waals surface area contributed by atoms with Crippen molar-refractivity contribution in [2.45, 2.75) is 24.6 Å². The number of halogens is 3. The molecule has 162 valence electrons. The van der Waals surface area contributed by atoms with Crippen LogP contribution in [0.15, 0.2) is 65.4 Å². The van der Waals surface area contributed by atoms with Gasteiger partial charge in [-0.1, -0.05) is 30.4 Å². The van der Waals surface area contributed by atoms with E-state index in [0.29, 0.717) is 18.8 Å². The minimum Gasteiger partial charge on any atom is -0.493 e. The van der Waals surface area contributed by atoms with Gasteiger partial charge >= 0.3 is 6.18 Å². The van der Waals surface area contributed by atoms with Crippen molar-refractivity contribution in [3.05, 3.63) is 71.5 Å². The van der Waals surface area contributed by atoms with Crippen molar-refractivity contribution in [1.29, 1.82) is 0 Å². The summed E-state index contributed by atoms with van der Waals surface area (Å²) in [5.74, 6) is 0.851. The molecule has 5 nitrogen and oxygen atoms in total. The van der Waals surface area contributed by atoms with Gasteiger partial charge in [-0.3, -0.25) is 0 Å². The number of allylic oxidation sites excluding steroid dienone is 7. The molecule has 2 N–H and O–H groups in total. The van der Waals surface area contributed by atoms with Gasteiger partial charge in [-0.2, -0.15) is 13.2 Å². The van der Waals surface area contributed by atoms with Gasteiger partial charge in [-0.15, -0.1) is 0 Å². The number of amidine groups is 1. The molecule has 1 fully saturated rings. The van der Waals surface area contributed by atoms with Gasteiger partial charge in [0.15, 0.2) is 6.61 Å². The second-order valence-electron chi connectivity index (χ2n) is 8.20. The minimum atomic E-state index is -4.41. The monoisotopic (exact) mass is 430 g/mol. The van der Waals surface area contributed by atoms with Crippen LogP contribution in [0.5, 0.6) is 5.75 Å². The molecule has 0 bridgehead atoms. The zero-order valence-corrected chi connectivity index (χ0v) is 16.6. The largest absolute Gasteiger partial charge is 0.493 e. The first kappa shape index (κ1) is 19.8. The SMILES string of the molecule is NC1=NC2(CO1)c1cc(C3=C/C=C/C=C/C(OCC(F)(F)F)=C\3)ccc1OCC21CC1. The van der Waals surface area contributed by atoms with Gasteiger partial charge < -0.3 is 19.9 Å². The summed E-state index contributed by atoms with van der Waals surface area (Å²) in [4.78, 5) is 4.71. The molecule has 2 spiro atoms. The van der Waals surface area contributed by atoms with Crippen LogP contribution < -0.4 is 10.5 Å². The summed E-state index contributed by atoms with van der Waals surface area (Å²) in [6, 6.07) is 5.89. The molecule has 0 aromatic heterocycles. The van der Waals surface area contributed by atoms with E-state index in [1.54, 1.807) is 18.2 Å². The topological polar surface area (TPSA) is 66.1 Å². The first-order valence-corrected chi connectivity index (χ1v) is 10.0. The lowest BCUT2D eigenvalue weighted by molar-refractivity contribution is -0.163. The Kier molecular flexibility index (Phi) is 4.42. The quantitative estimate of drug-likeness (QED) is 0.773. The summed E-state index contributed by atoms with van der Waals surface area (Å²) in [7, 11) is 0. The predicted molar refractivity (Wildman–Crippen MR) is 109 cm³/mol. The first-order chi connectivity index (χ1) is 14.8. The Morgan fingerprint density at radius 3 is 2.65 bits per heavy atom. The van der Waals surface area contributed by atoms with Crippen molar-refractivity contribution in [1.82, 2.24) is 0 Å². The molecule has 2 aliphatic carbocycles. The van der Waals surface area contributed by atoms with E-state index >= 15 is 0 Å². The van der Waals surface area contributed by atoms with Crippen molar-refractivity contribution in [3.8, 4) is 5.75 Å². The molecule has 8 heteroatoms. The Labute approximate surface area is 177 Å². The fourth-order valence-electron chi connectivity index (χ4n) is 4.39. The Bertz CT molecular complexity index is 1060. The second kappa shape index (κ2) is 6.93. The standard InChI is InChI=1S/C23H21F3N2O3/c24-23(25,26)14-29-17-5-3-1-2-4-15(10-17)16-6-7-19-18(11-16)22(13-31-20(27)28-22)21(8-9-21)12-30-19/h1-7,10-11H,8-9,12-14H2,(H2,27,28)/b2-1+,3-1?,4-2?,5-3+,15-4+,15-10?,17-5?,17-10+. The number of hydrogen-bond donors (Lipinski definition) is 1. The molecule has 0 amide bonds. The van der Waals surface area contributed by atoms with Crippen LogP contribution in [0.3, 0.4) is 0 Å². The van der Waals surface area contributed by atoms with Gasteiger partial charge in [0.05, 0.1) is 6.61 Å². The lowest BCUT2D eigenvalue weighted by Gasteiger charge is -2.39. The summed E-state index contributed by atoms with van der Waals surface area (Å²) in [5, 5.41) is 0. The number of alkyl halides is 3. The number of nitrogens with two attached hydrogens (primary N) is 1. The highest BCUT2D eigenvalue weighted by molar-refractivity contribution is 5.79. The lowest BCUT2D eigenvalue weighted by Crippen LogP contribution is -2.44. The number of ether oxygens (including phenoxy) is 3. The molecule has 4 aliphatic rings. The zero-order chi connectivity index (χ0) is 21.7. The Morgan fingerprint density at radius 2 is 1.94 bits per heavy atom. The molecule has 1 unspecified atom stereocenters. The molecule has 1 aromatic rings. The van der Waals surface area contributed by atoms with Crippen LogP contribution in [0.2, 0.25) is 0 Å². The Balaban J connectivity index is 1.54. The molecule has 1 aromatic carbocycles. The van der Waals surface area contributed by atoms with E-state index in [2.05, 4.69) is 0 Å². The van der Waals surface area contributed by atoms with Crippen LogP contribution in [-0.4, -0.2) is 32.0 Å². The van der Waals surface area contributed by atoms with E-state index < -0.39 is 18.3 Å². The zero-order valence-electron chi connectivity index (χ0n) is 16.6. The number of aliphatic imine (C=N–C) groups is 1. The summed E-state index contributed by atoms with van der Waals surface area (Å²) in [6.45, 7) is -0.434. The van der Waals surface area contributed by atoms with E-state index in [9.17, 15) is 13.2 Å². The predicted octanol–water partition coefficient (Wildman–Crippen LogP) is 4.37. The van der Waals surface area contributed by atoms with E-state index in [0.717, 1.165) is 29.7 Å². The fraction of sp³-hybridized carbons (Fsp3) is 0.348. The third-order valence-corrected chi connectivity index (χ3v) is 6.18. The van der Waals surface area contributed by atoms with Gasteiger partial charge in [0, 0.05) is 11.0 Å². The third-order valence-electron chi connectivity index (χ3n) is 6.18. The average molecular weight is 430 g/mol. The molecule has 1 atom stereocenters. The smallest absolute Gasteiger partial charge is 0.422 e. The molecule has 1 saturated carbocycles. The van der Waals surface area contributed by atoms with Gasteiger partial charge in [0.25, 0.3) is 6.02 Å². The van der Waals surface area contributed by atoms with Crippen molar-refractivity contribution >= 4 is 11.6 Å². The first-order valence-electron chi connectivity index (χ1n) is 10.0. The maximum absolute atomic E-state index is 12.6. The highest BCUT2D eigenvalue weighted by atomic mass is 19.4. The van der Waals surface area contributed by atoms with Crippen molar-refractivity contribution < 1.29 is 27.4 Å². The molecule has 2 aliphatic heterocycles. The summed E-state index contributed by atoms with van der Waals surface area (Å²) in [5.41, 5.74) is 7.58. The number of hydrogen-bond acceptors (Lipinski definition) is 5. The van der Waals surface area contributed by atoms with E-state index in [1.165, 1.54) is 6.08 Å². The van der Waals surface area contributed by atoms with Crippen molar-refractivity contribution in [2.24, 2.45) is 16.1 Å². The maximum Gasteiger partial charge on any atom is 0.422 e. The van der Waals surface area contributed by atoms with E-state index in [-0.39, 0.29) is 17.2 Å². The molecular formula is C23H21F3N2O3. The van der Waals surface area contributed by atoms with Gasteiger partial charge in [0.2, 0.25) is 0 Å². The second-order valence-corrected chi connectivity index (χ2v) is 8.20. The summed E-state index contributed by atoms with van der Waals surface area (Å²) < 4.78 is 54.5. The molecule has 5 rings (SSSR count). The van der Waals surface area contributed by atoms with Crippen molar-refractivity contribution in [2.75, 3.05) is 19.8 Å². The van der Waals surface area contributed by atoms with Crippen LogP contribution in [0.1, 0.15) is 24.0 Å². The fourth-order valence-corrected chi connectivity index (χ4v) is 4.39.